The van der Waals surface area contributed by atoms with Gasteiger partial charge in [0.05, 0.1) is 6.61 Å². The van der Waals surface area contributed by atoms with Gasteiger partial charge >= 0.3 is 0 Å². The third-order valence-corrected chi connectivity index (χ3v) is 3.99. The van der Waals surface area contributed by atoms with Crippen molar-refractivity contribution in [3.8, 4) is 0 Å². The average molecular weight is 298 g/mol. The first-order valence-electron chi connectivity index (χ1n) is 5.88. The molecule has 0 radical (unpaired) electrons. The Bertz CT molecular complexity index is 404. The number of carbonyl (C=O) groups excluding carboxylic acids is 1. The molecule has 0 bridgehead atoms. The molecule has 1 saturated carbocycles. The molecule has 1 N–H and O–H groups in total. The molecule has 1 aromatic rings. The van der Waals surface area contributed by atoms with Crippen molar-refractivity contribution in [3.05, 3.63) is 28.2 Å². The van der Waals surface area contributed by atoms with Crippen LogP contribution in [-0.4, -0.2) is 30.6 Å². The summed E-state index contributed by atoms with van der Waals surface area (Å²) in [5, 5.41) is 9.13. The van der Waals surface area contributed by atoms with Gasteiger partial charge in [-0.3, -0.25) is 4.79 Å². The minimum atomic E-state index is 0.156. The molecule has 17 heavy (non-hydrogen) atoms. The van der Waals surface area contributed by atoms with Crippen molar-refractivity contribution < 1.29 is 9.90 Å². The van der Waals surface area contributed by atoms with Crippen LogP contribution in [0.4, 0.5) is 5.69 Å². The molecule has 0 heterocycles. The molecule has 0 amide bonds. The lowest BCUT2D eigenvalue weighted by Gasteiger charge is -2.39. The summed E-state index contributed by atoms with van der Waals surface area (Å²) in [5.41, 5.74) is 1.73. The molecule has 1 aliphatic rings. The fourth-order valence-electron chi connectivity index (χ4n) is 2.12. The number of carbonyl (C=O) groups is 1. The number of nitrogens with zero attached hydrogens (tertiary/aromatic N) is 1. The molecule has 92 valence electrons. The van der Waals surface area contributed by atoms with Gasteiger partial charge in [0.25, 0.3) is 0 Å². The van der Waals surface area contributed by atoms with Crippen molar-refractivity contribution in [1.29, 1.82) is 0 Å². The van der Waals surface area contributed by atoms with Crippen LogP contribution in [0, 0.1) is 0 Å². The fraction of sp³-hybridized carbons (Fsp3) is 0.462. The van der Waals surface area contributed by atoms with Crippen molar-refractivity contribution in [3.63, 3.8) is 0 Å². The van der Waals surface area contributed by atoms with E-state index in [0.29, 0.717) is 18.2 Å². The second-order valence-corrected chi connectivity index (χ2v) is 5.18. The number of aldehydes is 1. The SMILES string of the molecule is O=Cc1ccc(N(CCO)C2CCC2)cc1Br. The molecule has 2 rings (SSSR count). The van der Waals surface area contributed by atoms with Crippen molar-refractivity contribution in [1.82, 2.24) is 0 Å². The molecule has 0 aliphatic heterocycles. The molecule has 0 atom stereocenters. The number of aliphatic hydroxyl groups is 1. The number of hydrogen-bond donors (Lipinski definition) is 1. The van der Waals surface area contributed by atoms with Crippen molar-refractivity contribution in [2.45, 2.75) is 25.3 Å². The summed E-state index contributed by atoms with van der Waals surface area (Å²) in [6, 6.07) is 6.26. The van der Waals surface area contributed by atoms with Crippen LogP contribution in [0.15, 0.2) is 22.7 Å². The first-order chi connectivity index (χ1) is 8.26. The van der Waals surface area contributed by atoms with Gasteiger partial charge in [-0.05, 0) is 53.4 Å². The van der Waals surface area contributed by atoms with Gasteiger partial charge in [0.1, 0.15) is 0 Å². The first-order valence-corrected chi connectivity index (χ1v) is 6.68. The molecule has 1 fully saturated rings. The van der Waals surface area contributed by atoms with Crippen LogP contribution in [0.5, 0.6) is 0 Å². The van der Waals surface area contributed by atoms with Crippen LogP contribution in [0.1, 0.15) is 29.6 Å². The summed E-state index contributed by atoms with van der Waals surface area (Å²) in [7, 11) is 0. The smallest absolute Gasteiger partial charge is 0.151 e. The third-order valence-electron chi connectivity index (χ3n) is 3.30. The van der Waals surface area contributed by atoms with E-state index in [9.17, 15) is 4.79 Å². The average Bonchev–Trinajstić information content (AvgIpc) is 2.26. The van der Waals surface area contributed by atoms with Crippen molar-refractivity contribution >= 4 is 27.9 Å². The van der Waals surface area contributed by atoms with Gasteiger partial charge in [0.15, 0.2) is 6.29 Å². The van der Waals surface area contributed by atoms with Crippen LogP contribution in [-0.2, 0) is 0 Å². The van der Waals surface area contributed by atoms with E-state index in [1.165, 1.54) is 19.3 Å². The van der Waals surface area contributed by atoms with Crippen molar-refractivity contribution in [2.75, 3.05) is 18.1 Å². The number of benzene rings is 1. The minimum absolute atomic E-state index is 0.156. The van der Waals surface area contributed by atoms with Gasteiger partial charge in [0.2, 0.25) is 0 Å². The van der Waals surface area contributed by atoms with Crippen LogP contribution >= 0.6 is 15.9 Å². The number of aliphatic hydroxyl groups excluding tert-OH is 1. The molecule has 0 spiro atoms. The Morgan fingerprint density at radius 3 is 2.71 bits per heavy atom. The van der Waals surface area contributed by atoms with E-state index >= 15 is 0 Å². The van der Waals surface area contributed by atoms with Crippen LogP contribution in [0.3, 0.4) is 0 Å². The topological polar surface area (TPSA) is 40.5 Å². The zero-order valence-corrected chi connectivity index (χ0v) is 11.2. The van der Waals surface area contributed by atoms with Gasteiger partial charge in [0, 0.05) is 28.3 Å². The number of anilines is 1. The minimum Gasteiger partial charge on any atom is -0.395 e. The maximum atomic E-state index is 10.8. The zero-order valence-electron chi connectivity index (χ0n) is 9.60. The summed E-state index contributed by atoms with van der Waals surface area (Å²) in [4.78, 5) is 13.0. The summed E-state index contributed by atoms with van der Waals surface area (Å²) < 4.78 is 0.812. The molecular weight excluding hydrogens is 282 g/mol. The van der Waals surface area contributed by atoms with Crippen molar-refractivity contribution in [2.24, 2.45) is 0 Å². The Morgan fingerprint density at radius 2 is 2.24 bits per heavy atom. The maximum absolute atomic E-state index is 10.8. The predicted molar refractivity (Wildman–Crippen MR) is 71.6 cm³/mol. The Kier molecular flexibility index (Phi) is 4.18. The zero-order chi connectivity index (χ0) is 12.3. The van der Waals surface area contributed by atoms with E-state index in [1.54, 1.807) is 0 Å². The summed E-state index contributed by atoms with van der Waals surface area (Å²) in [6.45, 7) is 0.807. The quantitative estimate of drug-likeness (QED) is 0.850. The largest absolute Gasteiger partial charge is 0.395 e. The molecule has 3 nitrogen and oxygen atoms in total. The van der Waals surface area contributed by atoms with E-state index in [2.05, 4.69) is 20.8 Å². The summed E-state index contributed by atoms with van der Waals surface area (Å²) in [5.74, 6) is 0. The molecule has 1 aliphatic carbocycles. The van der Waals surface area contributed by atoms with Gasteiger partial charge in [-0.2, -0.15) is 0 Å². The number of hydrogen-bond acceptors (Lipinski definition) is 3. The lowest BCUT2D eigenvalue weighted by molar-refractivity contribution is 0.112. The summed E-state index contributed by atoms with van der Waals surface area (Å²) >= 11 is 3.40. The molecule has 4 heteroatoms. The Hall–Kier alpha value is -0.870. The van der Waals surface area contributed by atoms with Crippen LogP contribution < -0.4 is 4.90 Å². The van der Waals surface area contributed by atoms with E-state index in [-0.39, 0.29) is 6.61 Å². The van der Waals surface area contributed by atoms with E-state index in [4.69, 9.17) is 5.11 Å². The Labute approximate surface area is 110 Å². The lowest BCUT2D eigenvalue weighted by Crippen LogP contribution is -2.41. The molecular formula is C13H16BrNO2. The number of rotatable bonds is 5. The third kappa shape index (κ3) is 2.69. The summed E-state index contributed by atoms with van der Waals surface area (Å²) in [6.07, 6.45) is 4.48. The second-order valence-electron chi connectivity index (χ2n) is 4.33. The van der Waals surface area contributed by atoms with Gasteiger partial charge in [-0.1, -0.05) is 0 Å². The highest BCUT2D eigenvalue weighted by molar-refractivity contribution is 9.10. The van der Waals surface area contributed by atoms with E-state index < -0.39 is 0 Å². The molecule has 0 saturated heterocycles. The normalized spacial score (nSPS) is 15.4. The Morgan fingerprint density at radius 1 is 1.47 bits per heavy atom. The molecule has 1 aromatic carbocycles. The maximum Gasteiger partial charge on any atom is 0.151 e. The molecule has 0 aromatic heterocycles. The Balaban J connectivity index is 2.22. The lowest BCUT2D eigenvalue weighted by atomic mass is 9.91. The van der Waals surface area contributed by atoms with E-state index in [1.807, 2.05) is 18.2 Å². The highest BCUT2D eigenvalue weighted by Gasteiger charge is 2.25. The monoisotopic (exact) mass is 297 g/mol. The number of halogens is 1. The highest BCUT2D eigenvalue weighted by Crippen LogP contribution is 2.31. The highest BCUT2D eigenvalue weighted by atomic mass is 79.9. The van der Waals surface area contributed by atoms with Crippen LogP contribution in [0.25, 0.3) is 0 Å². The van der Waals surface area contributed by atoms with Gasteiger partial charge in [-0.15, -0.1) is 0 Å². The molecule has 0 unspecified atom stereocenters. The fourth-order valence-corrected chi connectivity index (χ4v) is 2.58. The van der Waals surface area contributed by atoms with Gasteiger partial charge in [-0.25, -0.2) is 0 Å². The van der Waals surface area contributed by atoms with Gasteiger partial charge < -0.3 is 10.0 Å². The standard InChI is InChI=1S/C13H16BrNO2/c14-13-8-12(5-4-10(13)9-17)15(6-7-16)11-2-1-3-11/h4-5,8-9,11,16H,1-3,6-7H2. The second kappa shape index (κ2) is 5.65. The van der Waals surface area contributed by atoms with E-state index in [0.717, 1.165) is 16.4 Å². The van der Waals surface area contributed by atoms with Crippen LogP contribution in [0.2, 0.25) is 0 Å². The predicted octanol–water partition coefficient (Wildman–Crippen LogP) is 2.61. The first kappa shape index (κ1) is 12.6.